The number of anilines is 1. The molecule has 3 aromatic rings. The third-order valence-electron chi connectivity index (χ3n) is 5.73. The predicted molar refractivity (Wildman–Crippen MR) is 118 cm³/mol. The van der Waals surface area contributed by atoms with Crippen molar-refractivity contribution in [1.29, 1.82) is 0 Å². The number of thiophene rings is 1. The maximum Gasteiger partial charge on any atom is 0.262 e. The van der Waals surface area contributed by atoms with Crippen LogP contribution in [0.15, 0.2) is 41.5 Å². The van der Waals surface area contributed by atoms with Gasteiger partial charge < -0.3 is 10.2 Å². The molecular weight excluding hydrogens is 384 g/mol. The van der Waals surface area contributed by atoms with E-state index in [1.165, 1.54) is 17.0 Å². The lowest BCUT2D eigenvalue weighted by Gasteiger charge is -2.18. The van der Waals surface area contributed by atoms with Crippen molar-refractivity contribution >= 4 is 33.1 Å². The maximum atomic E-state index is 12.7. The van der Waals surface area contributed by atoms with Gasteiger partial charge in [-0.15, -0.1) is 11.3 Å². The summed E-state index contributed by atoms with van der Waals surface area (Å²) in [5, 5.41) is 3.72. The second-order valence-corrected chi connectivity index (χ2v) is 8.90. The molecule has 0 radical (unpaired) electrons. The highest BCUT2D eigenvalue weighted by Crippen LogP contribution is 2.25. The number of rotatable bonds is 6. The number of fused-ring (bicyclic) bond motifs is 1. The molecule has 6 nitrogen and oxygen atoms in total. The molecule has 1 fully saturated rings. The number of para-hydroxylation sites is 1. The molecule has 1 aliphatic rings. The average molecular weight is 411 g/mol. The Labute approximate surface area is 174 Å². The molecule has 1 N–H and O–H groups in total. The van der Waals surface area contributed by atoms with Crippen LogP contribution in [0.4, 0.5) is 5.69 Å². The van der Waals surface area contributed by atoms with Gasteiger partial charge in [-0.3, -0.25) is 14.2 Å². The zero-order valence-corrected chi connectivity index (χ0v) is 17.7. The van der Waals surface area contributed by atoms with E-state index in [4.69, 9.17) is 0 Å². The van der Waals surface area contributed by atoms with Gasteiger partial charge >= 0.3 is 0 Å². The quantitative estimate of drug-likeness (QED) is 0.678. The summed E-state index contributed by atoms with van der Waals surface area (Å²) in [6.45, 7) is 6.96. The van der Waals surface area contributed by atoms with Gasteiger partial charge in [0.15, 0.2) is 0 Å². The van der Waals surface area contributed by atoms with Crippen LogP contribution in [-0.2, 0) is 11.3 Å². The molecule has 0 saturated carbocycles. The number of carbonyl (C=O) groups is 1. The fourth-order valence-corrected chi connectivity index (χ4v) is 4.86. The Balaban J connectivity index is 1.29. The zero-order valence-electron chi connectivity index (χ0n) is 16.9. The summed E-state index contributed by atoms with van der Waals surface area (Å²) in [6, 6.07) is 10.4. The Morgan fingerprint density at radius 2 is 2.07 bits per heavy atom. The van der Waals surface area contributed by atoms with E-state index in [9.17, 15) is 9.59 Å². The number of benzene rings is 1. The van der Waals surface area contributed by atoms with Crippen LogP contribution in [0.1, 0.15) is 23.3 Å². The Morgan fingerprint density at radius 1 is 1.28 bits per heavy atom. The Kier molecular flexibility index (Phi) is 5.67. The minimum atomic E-state index is -0.0565. The van der Waals surface area contributed by atoms with Crippen molar-refractivity contribution in [3.63, 3.8) is 0 Å². The fraction of sp³-hybridized carbons (Fsp3) is 0.409. The molecule has 4 rings (SSSR count). The first kappa shape index (κ1) is 19.6. The van der Waals surface area contributed by atoms with E-state index in [0.717, 1.165) is 34.8 Å². The molecule has 1 atom stereocenters. The number of nitrogens with zero attached hydrogens (tertiary/aromatic N) is 3. The molecule has 2 aromatic heterocycles. The molecule has 1 saturated heterocycles. The lowest BCUT2D eigenvalue weighted by molar-refractivity contribution is -0.121. The van der Waals surface area contributed by atoms with Gasteiger partial charge in [0.25, 0.3) is 5.56 Å². The molecule has 152 valence electrons. The summed E-state index contributed by atoms with van der Waals surface area (Å²) < 4.78 is 1.55. The summed E-state index contributed by atoms with van der Waals surface area (Å²) in [5.74, 6) is 0.435. The molecule has 1 aromatic carbocycles. The largest absolute Gasteiger partial charge is 0.371 e. The van der Waals surface area contributed by atoms with E-state index >= 15 is 0 Å². The van der Waals surface area contributed by atoms with Gasteiger partial charge in [-0.25, -0.2) is 4.98 Å². The molecule has 3 heterocycles. The number of aryl methyl sites for hydroxylation is 3. The van der Waals surface area contributed by atoms with Gasteiger partial charge in [-0.2, -0.15) is 0 Å². The van der Waals surface area contributed by atoms with E-state index < -0.39 is 0 Å². The Morgan fingerprint density at radius 3 is 2.86 bits per heavy atom. The highest BCUT2D eigenvalue weighted by atomic mass is 32.1. The SMILES string of the molecule is Cc1sc2ncn(CCC(=O)NCC3CCN(c4ccccc4)C3)c(=O)c2c1C. The van der Waals surface area contributed by atoms with Crippen LogP contribution in [0.2, 0.25) is 0 Å². The minimum absolute atomic E-state index is 0.0200. The van der Waals surface area contributed by atoms with Crippen molar-refractivity contribution in [2.24, 2.45) is 5.92 Å². The van der Waals surface area contributed by atoms with Crippen LogP contribution in [0.3, 0.4) is 0 Å². The molecule has 1 amide bonds. The van der Waals surface area contributed by atoms with Crippen LogP contribution in [0, 0.1) is 19.8 Å². The molecule has 1 unspecified atom stereocenters. The van der Waals surface area contributed by atoms with Crippen molar-refractivity contribution in [3.8, 4) is 0 Å². The van der Waals surface area contributed by atoms with Gasteiger partial charge in [0.2, 0.25) is 5.91 Å². The molecule has 0 aliphatic carbocycles. The van der Waals surface area contributed by atoms with Crippen molar-refractivity contribution in [3.05, 3.63) is 57.5 Å². The Bertz CT molecular complexity index is 1070. The van der Waals surface area contributed by atoms with E-state index in [1.807, 2.05) is 19.9 Å². The van der Waals surface area contributed by atoms with Crippen LogP contribution >= 0.6 is 11.3 Å². The van der Waals surface area contributed by atoms with Gasteiger partial charge in [-0.05, 0) is 43.9 Å². The molecule has 0 bridgehead atoms. The monoisotopic (exact) mass is 410 g/mol. The summed E-state index contributed by atoms with van der Waals surface area (Å²) in [7, 11) is 0. The van der Waals surface area contributed by atoms with Crippen molar-refractivity contribution < 1.29 is 4.79 Å². The van der Waals surface area contributed by atoms with Crippen molar-refractivity contribution in [2.45, 2.75) is 33.2 Å². The van der Waals surface area contributed by atoms with Gasteiger partial charge in [0.05, 0.1) is 11.7 Å². The van der Waals surface area contributed by atoms with Crippen molar-refractivity contribution in [1.82, 2.24) is 14.9 Å². The normalized spacial score (nSPS) is 16.5. The maximum absolute atomic E-state index is 12.7. The molecule has 7 heteroatoms. The number of hydrogen-bond acceptors (Lipinski definition) is 5. The highest BCUT2D eigenvalue weighted by molar-refractivity contribution is 7.18. The second-order valence-electron chi connectivity index (χ2n) is 7.70. The predicted octanol–water partition coefficient (Wildman–Crippen LogP) is 3.11. The number of hydrogen-bond donors (Lipinski definition) is 1. The van der Waals surface area contributed by atoms with Crippen LogP contribution in [-0.4, -0.2) is 35.1 Å². The molecular formula is C22H26N4O2S. The molecule has 0 spiro atoms. The van der Waals surface area contributed by atoms with Gasteiger partial charge in [0, 0.05) is 43.2 Å². The van der Waals surface area contributed by atoms with E-state index in [0.29, 0.717) is 24.4 Å². The van der Waals surface area contributed by atoms with Crippen LogP contribution in [0.5, 0.6) is 0 Å². The van der Waals surface area contributed by atoms with Crippen molar-refractivity contribution in [2.75, 3.05) is 24.5 Å². The zero-order chi connectivity index (χ0) is 20.4. The summed E-state index contributed by atoms with van der Waals surface area (Å²) in [6.07, 6.45) is 2.92. The third-order valence-corrected chi connectivity index (χ3v) is 6.85. The highest BCUT2D eigenvalue weighted by Gasteiger charge is 2.23. The standard InChI is InChI=1S/C22H26N4O2S/c1-15-16(2)29-21-20(15)22(28)26(14-24-21)11-9-19(27)23-12-17-8-10-25(13-17)18-6-4-3-5-7-18/h3-7,14,17H,8-13H2,1-2H3,(H,23,27). The fourth-order valence-electron chi connectivity index (χ4n) is 3.87. The summed E-state index contributed by atoms with van der Waals surface area (Å²) >= 11 is 1.54. The van der Waals surface area contributed by atoms with Crippen LogP contribution in [0.25, 0.3) is 10.2 Å². The average Bonchev–Trinajstić information content (AvgIpc) is 3.32. The van der Waals surface area contributed by atoms with Gasteiger partial charge in [0.1, 0.15) is 4.83 Å². The molecule has 1 aliphatic heterocycles. The third kappa shape index (κ3) is 4.19. The number of nitrogens with one attached hydrogen (secondary N) is 1. The number of carbonyl (C=O) groups excluding carboxylic acids is 1. The lowest BCUT2D eigenvalue weighted by Crippen LogP contribution is -2.32. The summed E-state index contributed by atoms with van der Waals surface area (Å²) in [4.78, 5) is 33.7. The number of amides is 1. The van der Waals surface area contributed by atoms with Crippen LogP contribution < -0.4 is 15.8 Å². The first-order valence-electron chi connectivity index (χ1n) is 10.0. The lowest BCUT2D eigenvalue weighted by atomic mass is 10.1. The first-order valence-corrected chi connectivity index (χ1v) is 10.9. The minimum Gasteiger partial charge on any atom is -0.371 e. The summed E-state index contributed by atoms with van der Waals surface area (Å²) in [5.41, 5.74) is 2.17. The second kappa shape index (κ2) is 8.37. The Hall–Kier alpha value is -2.67. The van der Waals surface area contributed by atoms with E-state index in [2.05, 4.69) is 39.5 Å². The number of aromatic nitrogens is 2. The molecule has 29 heavy (non-hydrogen) atoms. The van der Waals surface area contributed by atoms with Gasteiger partial charge in [-0.1, -0.05) is 18.2 Å². The topological polar surface area (TPSA) is 67.2 Å². The first-order chi connectivity index (χ1) is 14.0. The van der Waals surface area contributed by atoms with E-state index in [-0.39, 0.29) is 17.9 Å². The smallest absolute Gasteiger partial charge is 0.262 e. The van der Waals surface area contributed by atoms with E-state index in [1.54, 1.807) is 10.9 Å².